The molecule has 0 N–H and O–H groups in total. The number of allylic oxidation sites excluding steroid dienone is 1. The molecule has 0 amide bonds. The van der Waals surface area contributed by atoms with Gasteiger partial charge in [-0.05, 0) is 60.5 Å². The number of carbonyl (C=O) groups excluding carboxylic acids is 2. The fraction of sp³-hybridized carbons (Fsp3) is 0.120. The lowest BCUT2D eigenvalue weighted by Crippen LogP contribution is -2.01. The zero-order valence-electron chi connectivity index (χ0n) is 17.0. The topological polar surface area (TPSA) is 61.8 Å². The zero-order chi connectivity index (χ0) is 22.0. The van der Waals surface area contributed by atoms with Crippen LogP contribution in [0.25, 0.3) is 6.08 Å². The summed E-state index contributed by atoms with van der Waals surface area (Å²) in [6.07, 6.45) is 1.66. The number of halogens is 1. The number of hydrogen-bond donors (Lipinski definition) is 0. The van der Waals surface area contributed by atoms with Crippen molar-refractivity contribution < 1.29 is 23.8 Å². The van der Waals surface area contributed by atoms with Crippen LogP contribution in [0.2, 0.25) is 0 Å². The lowest BCUT2D eigenvalue weighted by molar-refractivity contribution is 0.0600. The highest BCUT2D eigenvalue weighted by Gasteiger charge is 2.30. The molecule has 31 heavy (non-hydrogen) atoms. The van der Waals surface area contributed by atoms with Crippen molar-refractivity contribution in [2.45, 2.75) is 13.5 Å². The van der Waals surface area contributed by atoms with Gasteiger partial charge in [-0.25, -0.2) is 4.79 Å². The van der Waals surface area contributed by atoms with Crippen molar-refractivity contribution >= 4 is 33.8 Å². The van der Waals surface area contributed by atoms with Gasteiger partial charge < -0.3 is 14.2 Å². The maximum absolute atomic E-state index is 12.8. The lowest BCUT2D eigenvalue weighted by atomic mass is 10.1. The van der Waals surface area contributed by atoms with Gasteiger partial charge in [-0.15, -0.1) is 0 Å². The molecule has 0 bridgehead atoms. The highest BCUT2D eigenvalue weighted by molar-refractivity contribution is 9.10. The van der Waals surface area contributed by atoms with Gasteiger partial charge in [-0.1, -0.05) is 40.2 Å². The molecule has 6 heteroatoms. The second-order valence-corrected chi connectivity index (χ2v) is 7.95. The molecule has 156 valence electrons. The fourth-order valence-corrected chi connectivity index (χ4v) is 3.52. The van der Waals surface area contributed by atoms with E-state index >= 15 is 0 Å². The van der Waals surface area contributed by atoms with E-state index in [9.17, 15) is 9.59 Å². The first-order valence-corrected chi connectivity index (χ1v) is 10.4. The Balaban J connectivity index is 1.53. The normalized spacial score (nSPS) is 13.6. The van der Waals surface area contributed by atoms with E-state index in [0.29, 0.717) is 29.2 Å². The Morgan fingerprint density at radius 2 is 1.74 bits per heavy atom. The number of Topliss-reactive ketones (excluding diaryl/α,β-unsaturated/α-hetero) is 1. The molecule has 1 aliphatic rings. The van der Waals surface area contributed by atoms with Crippen LogP contribution in [0.5, 0.6) is 11.5 Å². The van der Waals surface area contributed by atoms with Gasteiger partial charge in [0.05, 0.1) is 18.2 Å². The predicted octanol–water partition coefficient (Wildman–Crippen LogP) is 5.74. The van der Waals surface area contributed by atoms with Gasteiger partial charge in [-0.2, -0.15) is 0 Å². The summed E-state index contributed by atoms with van der Waals surface area (Å²) in [6, 6.07) is 18.2. The molecule has 1 heterocycles. The molecular weight excluding hydrogens is 460 g/mol. The van der Waals surface area contributed by atoms with Crippen LogP contribution in [-0.2, 0) is 11.3 Å². The smallest absolute Gasteiger partial charge is 0.337 e. The molecule has 0 atom stereocenters. The molecule has 3 aromatic rings. The van der Waals surface area contributed by atoms with Gasteiger partial charge in [0, 0.05) is 10.0 Å². The first kappa shape index (κ1) is 20.9. The Bertz CT molecular complexity index is 1180. The summed E-state index contributed by atoms with van der Waals surface area (Å²) in [5, 5.41) is 0. The number of esters is 1. The number of ether oxygens (including phenoxy) is 3. The molecule has 0 fully saturated rings. The van der Waals surface area contributed by atoms with Gasteiger partial charge in [0.25, 0.3) is 0 Å². The monoisotopic (exact) mass is 478 g/mol. The summed E-state index contributed by atoms with van der Waals surface area (Å²) in [6.45, 7) is 2.28. The minimum atomic E-state index is -0.411. The lowest BCUT2D eigenvalue weighted by Gasteiger charge is -2.11. The van der Waals surface area contributed by atoms with Crippen molar-refractivity contribution in [1.29, 1.82) is 0 Å². The second kappa shape index (κ2) is 8.78. The molecule has 0 aromatic heterocycles. The van der Waals surface area contributed by atoms with E-state index in [0.717, 1.165) is 21.2 Å². The first-order valence-electron chi connectivity index (χ1n) is 9.59. The number of ketones is 1. The molecule has 4 rings (SSSR count). The van der Waals surface area contributed by atoms with Gasteiger partial charge in [-0.3, -0.25) is 4.79 Å². The van der Waals surface area contributed by atoms with Gasteiger partial charge >= 0.3 is 5.97 Å². The number of hydrogen-bond acceptors (Lipinski definition) is 5. The summed E-state index contributed by atoms with van der Waals surface area (Å²) in [5.41, 5.74) is 3.50. The van der Waals surface area contributed by atoms with Gasteiger partial charge in [0.1, 0.15) is 18.1 Å². The average Bonchev–Trinajstić information content (AvgIpc) is 3.10. The molecule has 3 aromatic carbocycles. The summed E-state index contributed by atoms with van der Waals surface area (Å²) in [5.74, 6) is 0.809. The molecule has 0 radical (unpaired) electrons. The number of rotatable bonds is 5. The first-order chi connectivity index (χ1) is 15.0. The Kier molecular flexibility index (Phi) is 5.91. The zero-order valence-corrected chi connectivity index (χ0v) is 18.6. The van der Waals surface area contributed by atoms with Crippen LogP contribution in [0.15, 0.2) is 70.9 Å². The summed E-state index contributed by atoms with van der Waals surface area (Å²) in [4.78, 5) is 24.4. The van der Waals surface area contributed by atoms with E-state index in [2.05, 4.69) is 15.9 Å². The minimum absolute atomic E-state index is 0.186. The standard InChI is InChI=1S/C25H19BrO5/c1-15-21(30-14-17-5-9-19(26)10-6-17)12-11-20-23(27)22(31-24(15)20)13-16-3-7-18(8-4-16)25(28)29-2/h3-13H,14H2,1-2H3/b22-13-. The van der Waals surface area contributed by atoms with Crippen molar-refractivity contribution in [3.05, 3.63) is 98.7 Å². The van der Waals surface area contributed by atoms with Crippen LogP contribution < -0.4 is 9.47 Å². The van der Waals surface area contributed by atoms with Crippen LogP contribution in [-0.4, -0.2) is 18.9 Å². The van der Waals surface area contributed by atoms with Gasteiger partial charge in [0.15, 0.2) is 5.76 Å². The van der Waals surface area contributed by atoms with E-state index in [-0.39, 0.29) is 11.5 Å². The van der Waals surface area contributed by atoms with Crippen molar-refractivity contribution in [3.63, 3.8) is 0 Å². The van der Waals surface area contributed by atoms with Crippen molar-refractivity contribution in [3.8, 4) is 11.5 Å². The third kappa shape index (κ3) is 4.39. The summed E-state index contributed by atoms with van der Waals surface area (Å²) < 4.78 is 17.6. The SMILES string of the molecule is COC(=O)c1ccc(/C=C2\Oc3c(ccc(OCc4ccc(Br)cc4)c3C)C2=O)cc1. The second-order valence-electron chi connectivity index (χ2n) is 7.03. The average molecular weight is 479 g/mol. The maximum Gasteiger partial charge on any atom is 0.337 e. The van der Waals surface area contributed by atoms with Crippen LogP contribution in [0.1, 0.15) is 37.4 Å². The van der Waals surface area contributed by atoms with Crippen molar-refractivity contribution in [1.82, 2.24) is 0 Å². The van der Waals surface area contributed by atoms with Crippen LogP contribution in [0.4, 0.5) is 0 Å². The molecule has 1 aliphatic heterocycles. The van der Waals surface area contributed by atoms with Gasteiger partial charge in [0.2, 0.25) is 5.78 Å². The molecule has 0 unspecified atom stereocenters. The van der Waals surface area contributed by atoms with Crippen LogP contribution >= 0.6 is 15.9 Å². The third-order valence-electron chi connectivity index (χ3n) is 4.97. The van der Waals surface area contributed by atoms with E-state index in [1.54, 1.807) is 42.5 Å². The van der Waals surface area contributed by atoms with E-state index in [4.69, 9.17) is 14.2 Å². The molecule has 0 spiro atoms. The van der Waals surface area contributed by atoms with E-state index < -0.39 is 5.97 Å². The predicted molar refractivity (Wildman–Crippen MR) is 120 cm³/mol. The highest BCUT2D eigenvalue weighted by Crippen LogP contribution is 2.39. The van der Waals surface area contributed by atoms with Crippen molar-refractivity contribution in [2.24, 2.45) is 0 Å². The third-order valence-corrected chi connectivity index (χ3v) is 5.50. The van der Waals surface area contributed by atoms with Crippen LogP contribution in [0.3, 0.4) is 0 Å². The number of fused-ring (bicyclic) bond motifs is 1. The van der Waals surface area contributed by atoms with E-state index in [1.807, 2.05) is 31.2 Å². The number of methoxy groups -OCH3 is 1. The molecule has 0 saturated carbocycles. The number of carbonyl (C=O) groups is 2. The summed E-state index contributed by atoms with van der Waals surface area (Å²) in [7, 11) is 1.33. The highest BCUT2D eigenvalue weighted by atomic mass is 79.9. The molecular formula is C25H19BrO5. The Morgan fingerprint density at radius 1 is 1.03 bits per heavy atom. The largest absolute Gasteiger partial charge is 0.488 e. The Hall–Kier alpha value is -3.38. The Morgan fingerprint density at radius 3 is 2.42 bits per heavy atom. The van der Waals surface area contributed by atoms with E-state index in [1.165, 1.54) is 7.11 Å². The van der Waals surface area contributed by atoms with Crippen LogP contribution in [0, 0.1) is 6.92 Å². The molecule has 0 saturated heterocycles. The summed E-state index contributed by atoms with van der Waals surface area (Å²) >= 11 is 3.42. The van der Waals surface area contributed by atoms with Crippen molar-refractivity contribution in [2.75, 3.05) is 7.11 Å². The maximum atomic E-state index is 12.8. The quantitative estimate of drug-likeness (QED) is 0.345. The number of benzene rings is 3. The molecule has 0 aliphatic carbocycles. The fourth-order valence-electron chi connectivity index (χ4n) is 3.25. The molecule has 5 nitrogen and oxygen atoms in total. The minimum Gasteiger partial charge on any atom is -0.488 e. The Labute approximate surface area is 188 Å².